The number of hydrogen-bond acceptors (Lipinski definition) is 7. The van der Waals surface area contributed by atoms with E-state index in [1.54, 1.807) is 11.8 Å². The molecule has 2 aromatic carbocycles. The first kappa shape index (κ1) is 20.3. The molecule has 1 heterocycles. The third-order valence-corrected chi connectivity index (χ3v) is 5.75. The van der Waals surface area contributed by atoms with Gasteiger partial charge in [0.05, 0.1) is 12.9 Å². The van der Waals surface area contributed by atoms with Gasteiger partial charge < -0.3 is 14.5 Å². The number of fused-ring (bicyclic) bond motifs is 1. The van der Waals surface area contributed by atoms with E-state index in [2.05, 4.69) is 10.3 Å². The van der Waals surface area contributed by atoms with E-state index in [-0.39, 0.29) is 11.7 Å². The summed E-state index contributed by atoms with van der Waals surface area (Å²) in [5, 5.41) is 3.15. The van der Waals surface area contributed by atoms with Gasteiger partial charge in [0.2, 0.25) is 5.91 Å². The van der Waals surface area contributed by atoms with Crippen LogP contribution < -0.4 is 5.32 Å². The predicted molar refractivity (Wildman–Crippen MR) is 111 cm³/mol. The first-order chi connectivity index (χ1) is 13.7. The fourth-order valence-corrected chi connectivity index (χ4v) is 4.11. The second-order valence-corrected chi connectivity index (χ2v) is 7.84. The molecular weight excluding hydrogens is 396 g/mol. The maximum absolute atomic E-state index is 12.3. The zero-order valence-electron chi connectivity index (χ0n) is 15.3. The molecule has 1 N–H and O–H groups in total. The van der Waals surface area contributed by atoms with Gasteiger partial charge in [0.1, 0.15) is 11.6 Å². The number of oxazole rings is 1. The van der Waals surface area contributed by atoms with Crippen molar-refractivity contribution in [2.45, 2.75) is 17.0 Å². The van der Waals surface area contributed by atoms with Gasteiger partial charge in [-0.05, 0) is 17.7 Å². The minimum Gasteiger partial charge on any atom is -0.467 e. The van der Waals surface area contributed by atoms with Gasteiger partial charge in [0, 0.05) is 11.5 Å². The fraction of sp³-hybridized carbons (Fsp3) is 0.250. The largest absolute Gasteiger partial charge is 0.467 e. The van der Waals surface area contributed by atoms with E-state index in [0.717, 1.165) is 16.8 Å². The molecule has 3 rings (SSSR count). The Kier molecular flexibility index (Phi) is 7.39. The summed E-state index contributed by atoms with van der Waals surface area (Å²) in [7, 11) is 1.32. The number of rotatable bonds is 9. The summed E-state index contributed by atoms with van der Waals surface area (Å²) in [4.78, 5) is 28.6. The van der Waals surface area contributed by atoms with Crippen LogP contribution in [-0.2, 0) is 20.1 Å². The average molecular weight is 417 g/mol. The van der Waals surface area contributed by atoms with Crippen LogP contribution in [0, 0.1) is 0 Å². The van der Waals surface area contributed by atoms with Crippen molar-refractivity contribution in [3.05, 3.63) is 60.2 Å². The molecule has 0 aliphatic rings. The summed E-state index contributed by atoms with van der Waals surface area (Å²) < 4.78 is 10.4. The number of nitrogens with one attached hydrogen (secondary N) is 1. The molecule has 1 amide bonds. The lowest BCUT2D eigenvalue weighted by atomic mass is 10.2. The van der Waals surface area contributed by atoms with Crippen LogP contribution in [0.15, 0.2) is 64.2 Å². The molecule has 0 bridgehead atoms. The molecular formula is C20H20N2O4S2. The lowest BCUT2D eigenvalue weighted by Gasteiger charge is -2.16. The smallest absolute Gasteiger partial charge is 0.329 e. The maximum atomic E-state index is 12.3. The molecule has 1 atom stereocenters. The molecule has 0 aliphatic heterocycles. The van der Waals surface area contributed by atoms with E-state index in [9.17, 15) is 9.59 Å². The summed E-state index contributed by atoms with van der Waals surface area (Å²) >= 11 is 2.75. The number of benzene rings is 2. The number of esters is 1. The van der Waals surface area contributed by atoms with Gasteiger partial charge in [-0.3, -0.25) is 4.79 Å². The maximum Gasteiger partial charge on any atom is 0.329 e. The Morgan fingerprint density at radius 2 is 1.89 bits per heavy atom. The van der Waals surface area contributed by atoms with E-state index in [4.69, 9.17) is 9.15 Å². The van der Waals surface area contributed by atoms with Crippen LogP contribution in [0.5, 0.6) is 0 Å². The normalized spacial score (nSPS) is 11.9. The molecule has 6 nitrogen and oxygen atoms in total. The van der Waals surface area contributed by atoms with Gasteiger partial charge in [-0.2, -0.15) is 11.8 Å². The number of methoxy groups -OCH3 is 1. The monoisotopic (exact) mass is 416 g/mol. The minimum absolute atomic E-state index is 0.101. The third-order valence-electron chi connectivity index (χ3n) is 3.82. The highest BCUT2D eigenvalue weighted by Gasteiger charge is 2.22. The molecule has 0 spiro atoms. The van der Waals surface area contributed by atoms with Crippen LogP contribution in [0.3, 0.4) is 0 Å². The molecule has 0 aliphatic carbocycles. The molecule has 8 heteroatoms. The Labute approximate surface area is 171 Å². The van der Waals surface area contributed by atoms with Gasteiger partial charge in [-0.25, -0.2) is 9.78 Å². The number of nitrogens with zero attached hydrogens (tertiary/aromatic N) is 1. The highest BCUT2D eigenvalue weighted by atomic mass is 32.2. The molecule has 3 aromatic rings. The lowest BCUT2D eigenvalue weighted by molar-refractivity contribution is -0.144. The van der Waals surface area contributed by atoms with Crippen LogP contribution in [0.4, 0.5) is 0 Å². The van der Waals surface area contributed by atoms with Crippen molar-refractivity contribution in [3.8, 4) is 0 Å². The van der Waals surface area contributed by atoms with Crippen LogP contribution in [0.2, 0.25) is 0 Å². The van der Waals surface area contributed by atoms with Crippen molar-refractivity contribution in [2.24, 2.45) is 0 Å². The van der Waals surface area contributed by atoms with Crippen LogP contribution in [0.25, 0.3) is 11.1 Å². The lowest BCUT2D eigenvalue weighted by Crippen LogP contribution is -2.44. The van der Waals surface area contributed by atoms with Crippen molar-refractivity contribution in [3.63, 3.8) is 0 Å². The molecule has 146 valence electrons. The molecule has 28 heavy (non-hydrogen) atoms. The zero-order chi connectivity index (χ0) is 19.8. The molecule has 1 aromatic heterocycles. The van der Waals surface area contributed by atoms with Crippen LogP contribution in [-0.4, -0.2) is 41.5 Å². The second-order valence-electron chi connectivity index (χ2n) is 5.88. The first-order valence-electron chi connectivity index (χ1n) is 8.63. The van der Waals surface area contributed by atoms with E-state index in [1.807, 2.05) is 54.6 Å². The van der Waals surface area contributed by atoms with Gasteiger partial charge in [0.15, 0.2) is 5.58 Å². The van der Waals surface area contributed by atoms with Crippen molar-refractivity contribution in [1.82, 2.24) is 10.3 Å². The second kappa shape index (κ2) is 10.2. The van der Waals surface area contributed by atoms with Gasteiger partial charge in [-0.1, -0.05) is 54.2 Å². The Morgan fingerprint density at radius 3 is 2.64 bits per heavy atom. The molecule has 0 radical (unpaired) electrons. The molecule has 0 unspecified atom stereocenters. The Morgan fingerprint density at radius 1 is 1.14 bits per heavy atom. The van der Waals surface area contributed by atoms with Gasteiger partial charge in [0.25, 0.3) is 5.22 Å². The molecule has 0 saturated heterocycles. The van der Waals surface area contributed by atoms with Crippen molar-refractivity contribution in [2.75, 3.05) is 18.6 Å². The Bertz CT molecular complexity index is 897. The first-order valence-corrected chi connectivity index (χ1v) is 10.8. The summed E-state index contributed by atoms with van der Waals surface area (Å²) in [5.41, 5.74) is 2.58. The number of carbonyl (C=O) groups excluding carboxylic acids is 2. The predicted octanol–water partition coefficient (Wildman–Crippen LogP) is 3.51. The number of hydrogen-bond donors (Lipinski definition) is 1. The number of carbonyl (C=O) groups is 2. The third kappa shape index (κ3) is 5.77. The zero-order valence-corrected chi connectivity index (χ0v) is 16.9. The number of para-hydroxylation sites is 2. The summed E-state index contributed by atoms with van der Waals surface area (Å²) in [6.45, 7) is 0. The number of amides is 1. The number of thioether (sulfide) groups is 2. The SMILES string of the molecule is COC(=O)[C@@H](CSCc1ccccc1)NC(=O)CSc1nc2ccccc2o1. The van der Waals surface area contributed by atoms with Crippen LogP contribution in [0.1, 0.15) is 5.56 Å². The Hall–Kier alpha value is -2.45. The molecule has 0 fully saturated rings. The van der Waals surface area contributed by atoms with Crippen LogP contribution >= 0.6 is 23.5 Å². The molecule has 0 saturated carbocycles. The highest BCUT2D eigenvalue weighted by Crippen LogP contribution is 2.23. The van der Waals surface area contributed by atoms with Crippen molar-refractivity contribution < 1.29 is 18.7 Å². The Balaban J connectivity index is 1.49. The standard InChI is InChI=1S/C20H20N2O4S2/c1-25-19(24)16(12-27-11-14-7-3-2-4-8-14)21-18(23)13-28-20-22-15-9-5-6-10-17(15)26-20/h2-10,16H,11-13H2,1H3,(H,21,23)/t16-/m1/s1. The van der Waals surface area contributed by atoms with E-state index in [0.29, 0.717) is 16.6 Å². The van der Waals surface area contributed by atoms with E-state index in [1.165, 1.54) is 18.9 Å². The van der Waals surface area contributed by atoms with Crippen molar-refractivity contribution in [1.29, 1.82) is 0 Å². The number of ether oxygens (including phenoxy) is 1. The highest BCUT2D eigenvalue weighted by molar-refractivity contribution is 7.99. The number of aromatic nitrogens is 1. The van der Waals surface area contributed by atoms with Crippen molar-refractivity contribution >= 4 is 46.5 Å². The average Bonchev–Trinajstić information content (AvgIpc) is 3.15. The van der Waals surface area contributed by atoms with E-state index < -0.39 is 12.0 Å². The minimum atomic E-state index is -0.699. The van der Waals surface area contributed by atoms with E-state index >= 15 is 0 Å². The fourth-order valence-electron chi connectivity index (χ4n) is 2.46. The topological polar surface area (TPSA) is 81.4 Å². The summed E-state index contributed by atoms with van der Waals surface area (Å²) in [5.74, 6) is 0.551. The summed E-state index contributed by atoms with van der Waals surface area (Å²) in [6.07, 6.45) is 0. The van der Waals surface area contributed by atoms with Gasteiger partial charge in [-0.15, -0.1) is 0 Å². The quantitative estimate of drug-likeness (QED) is 0.422. The van der Waals surface area contributed by atoms with Gasteiger partial charge >= 0.3 is 5.97 Å². The summed E-state index contributed by atoms with van der Waals surface area (Å²) in [6, 6.07) is 16.7.